The number of aromatic nitrogens is 2. The van der Waals surface area contributed by atoms with Crippen LogP contribution >= 0.6 is 0 Å². The van der Waals surface area contributed by atoms with Gasteiger partial charge in [-0.15, -0.1) is 13.2 Å². The van der Waals surface area contributed by atoms with Gasteiger partial charge in [0.2, 0.25) is 0 Å². The van der Waals surface area contributed by atoms with Gasteiger partial charge in [0.05, 0.1) is 0 Å². The van der Waals surface area contributed by atoms with E-state index in [0.717, 1.165) is 37.4 Å². The van der Waals surface area contributed by atoms with E-state index in [9.17, 15) is 0 Å². The minimum atomic E-state index is 0.845. The molecule has 2 aliphatic rings. The zero-order valence-corrected chi connectivity index (χ0v) is 24.0. The standard InChI is InChI=1S/C16H23N3.C9H14.C4H8.C3H6/c1-5-19(16-9-7-6-8-12(16)2)11-15-10-17-14(4)18-13(15)3;1-3-9-6-4-5-8(2)7-9;1-3-4-2;1-3-2/h8-10H,5-7,11H2,1-4H3;6-7H,3-5H2,1-2H3;3H,1,4H2,2H3;3H,1H2,2H3. The van der Waals surface area contributed by atoms with Crippen molar-refractivity contribution in [3.05, 3.63) is 95.3 Å². The lowest BCUT2D eigenvalue weighted by Gasteiger charge is -2.29. The maximum Gasteiger partial charge on any atom is 0.125 e. The van der Waals surface area contributed by atoms with E-state index < -0.39 is 0 Å². The van der Waals surface area contributed by atoms with Crippen molar-refractivity contribution in [3.8, 4) is 0 Å². The molecule has 3 nitrogen and oxygen atoms in total. The fourth-order valence-corrected chi connectivity index (χ4v) is 3.68. The van der Waals surface area contributed by atoms with Crippen LogP contribution < -0.4 is 0 Å². The van der Waals surface area contributed by atoms with E-state index in [1.165, 1.54) is 53.7 Å². The molecule has 1 heterocycles. The van der Waals surface area contributed by atoms with Gasteiger partial charge in [0.1, 0.15) is 5.82 Å². The first-order valence-electron chi connectivity index (χ1n) is 13.2. The van der Waals surface area contributed by atoms with Crippen molar-refractivity contribution in [1.82, 2.24) is 14.9 Å². The Morgan fingerprint density at radius 2 is 1.60 bits per heavy atom. The molecule has 0 radical (unpaired) electrons. The summed E-state index contributed by atoms with van der Waals surface area (Å²) in [5, 5.41) is 0. The Kier molecular flexibility index (Phi) is 18.1. The molecule has 3 heteroatoms. The van der Waals surface area contributed by atoms with Crippen molar-refractivity contribution in [2.24, 2.45) is 0 Å². The average molecular weight is 478 g/mol. The molecule has 1 aromatic heterocycles. The van der Waals surface area contributed by atoms with E-state index >= 15 is 0 Å². The van der Waals surface area contributed by atoms with Crippen LogP contribution in [-0.4, -0.2) is 21.4 Å². The molecule has 0 unspecified atom stereocenters. The molecule has 0 fully saturated rings. The molecular formula is C32H51N3. The summed E-state index contributed by atoms with van der Waals surface area (Å²) in [6.07, 6.45) is 22.0. The Bertz CT molecular complexity index is 884. The molecule has 3 rings (SSSR count). The molecule has 1 aromatic rings. The highest BCUT2D eigenvalue weighted by molar-refractivity contribution is 5.32. The Labute approximate surface area is 217 Å². The van der Waals surface area contributed by atoms with E-state index in [2.05, 4.69) is 93.9 Å². The Balaban J connectivity index is 0.000000597. The van der Waals surface area contributed by atoms with Gasteiger partial charge >= 0.3 is 0 Å². The normalized spacial score (nSPS) is 14.1. The summed E-state index contributed by atoms with van der Waals surface area (Å²) in [7, 11) is 0. The highest BCUT2D eigenvalue weighted by Crippen LogP contribution is 2.24. The maximum atomic E-state index is 4.45. The van der Waals surface area contributed by atoms with Gasteiger partial charge in [-0.05, 0) is 85.6 Å². The summed E-state index contributed by atoms with van der Waals surface area (Å²) >= 11 is 0. The Morgan fingerprint density at radius 1 is 0.971 bits per heavy atom. The second-order valence-electron chi connectivity index (χ2n) is 8.86. The van der Waals surface area contributed by atoms with Crippen molar-refractivity contribution in [2.45, 2.75) is 100 Å². The molecule has 0 atom stereocenters. The van der Waals surface area contributed by atoms with Crippen LogP contribution in [0.2, 0.25) is 0 Å². The average Bonchev–Trinajstić information content (AvgIpc) is 2.85. The predicted octanol–water partition coefficient (Wildman–Crippen LogP) is 9.38. The molecule has 0 amide bonds. The minimum absolute atomic E-state index is 0.845. The summed E-state index contributed by atoms with van der Waals surface area (Å²) in [5.41, 5.74) is 8.11. The quantitative estimate of drug-likeness (QED) is 0.382. The molecule has 0 saturated heterocycles. The lowest BCUT2D eigenvalue weighted by Crippen LogP contribution is -2.24. The SMILES string of the molecule is C=CC.C=CCC.CCC1=CCCC(C)=C1.CCN(Cc1cnc(C)nc1C)C1=CCCC=C1C. The van der Waals surface area contributed by atoms with E-state index in [1.807, 2.05) is 26.1 Å². The number of aryl methyl sites for hydroxylation is 2. The fraction of sp³-hybridized carbons (Fsp3) is 0.500. The van der Waals surface area contributed by atoms with Crippen LogP contribution in [-0.2, 0) is 6.54 Å². The van der Waals surface area contributed by atoms with Crippen LogP contribution in [0.4, 0.5) is 0 Å². The summed E-state index contributed by atoms with van der Waals surface area (Å²) in [4.78, 5) is 11.2. The summed E-state index contributed by atoms with van der Waals surface area (Å²) < 4.78 is 0. The molecule has 194 valence electrons. The first-order valence-corrected chi connectivity index (χ1v) is 13.2. The van der Waals surface area contributed by atoms with Crippen LogP contribution in [0.25, 0.3) is 0 Å². The smallest absolute Gasteiger partial charge is 0.125 e. The highest BCUT2D eigenvalue weighted by atomic mass is 15.1. The van der Waals surface area contributed by atoms with Crippen molar-refractivity contribution in [2.75, 3.05) is 6.54 Å². The number of rotatable bonds is 6. The first kappa shape index (κ1) is 32.3. The number of allylic oxidation sites excluding steroid dienone is 9. The van der Waals surface area contributed by atoms with Crippen molar-refractivity contribution in [1.29, 1.82) is 0 Å². The zero-order chi connectivity index (χ0) is 26.6. The van der Waals surface area contributed by atoms with E-state index in [-0.39, 0.29) is 0 Å². The maximum absolute atomic E-state index is 4.45. The third-order valence-corrected chi connectivity index (χ3v) is 5.72. The van der Waals surface area contributed by atoms with Crippen LogP contribution in [0.3, 0.4) is 0 Å². The van der Waals surface area contributed by atoms with E-state index in [0.29, 0.717) is 0 Å². The van der Waals surface area contributed by atoms with E-state index in [4.69, 9.17) is 0 Å². The second kappa shape index (κ2) is 19.6. The van der Waals surface area contributed by atoms with Gasteiger partial charge in [-0.25, -0.2) is 9.97 Å². The van der Waals surface area contributed by atoms with E-state index in [1.54, 1.807) is 6.08 Å². The van der Waals surface area contributed by atoms with Crippen molar-refractivity contribution >= 4 is 0 Å². The number of nitrogens with zero attached hydrogens (tertiary/aromatic N) is 3. The van der Waals surface area contributed by atoms with Crippen LogP contribution in [0, 0.1) is 13.8 Å². The number of likely N-dealkylation sites (N-methyl/N-ethyl adjacent to an activating group) is 1. The predicted molar refractivity (Wildman–Crippen MR) is 156 cm³/mol. The molecule has 0 bridgehead atoms. The minimum Gasteiger partial charge on any atom is -0.367 e. The molecule has 0 N–H and O–H groups in total. The number of hydrogen-bond acceptors (Lipinski definition) is 3. The topological polar surface area (TPSA) is 29.0 Å². The third-order valence-electron chi connectivity index (χ3n) is 5.72. The fourth-order valence-electron chi connectivity index (χ4n) is 3.68. The van der Waals surface area contributed by atoms with Gasteiger partial charge in [-0.1, -0.05) is 61.4 Å². The molecule has 0 spiro atoms. The van der Waals surface area contributed by atoms with Crippen molar-refractivity contribution in [3.63, 3.8) is 0 Å². The monoisotopic (exact) mass is 477 g/mol. The van der Waals surface area contributed by atoms with Crippen molar-refractivity contribution < 1.29 is 0 Å². The molecule has 2 aliphatic carbocycles. The summed E-state index contributed by atoms with van der Waals surface area (Å²) in [6.45, 7) is 25.5. The van der Waals surface area contributed by atoms with Gasteiger partial charge in [0, 0.05) is 36.2 Å². The van der Waals surface area contributed by atoms with Crippen LogP contribution in [0.1, 0.15) is 97.1 Å². The number of hydrogen-bond donors (Lipinski definition) is 0. The molecule has 35 heavy (non-hydrogen) atoms. The molecular weight excluding hydrogens is 426 g/mol. The van der Waals surface area contributed by atoms with Gasteiger partial charge in [0.25, 0.3) is 0 Å². The molecule has 0 aromatic carbocycles. The van der Waals surface area contributed by atoms with Gasteiger partial charge in [-0.2, -0.15) is 0 Å². The second-order valence-corrected chi connectivity index (χ2v) is 8.86. The molecule has 0 saturated carbocycles. The van der Waals surface area contributed by atoms with Crippen LogP contribution in [0.5, 0.6) is 0 Å². The summed E-state index contributed by atoms with van der Waals surface area (Å²) in [6, 6.07) is 0. The largest absolute Gasteiger partial charge is 0.367 e. The first-order chi connectivity index (χ1) is 16.8. The summed E-state index contributed by atoms with van der Waals surface area (Å²) in [5.74, 6) is 0.845. The van der Waals surface area contributed by atoms with Crippen LogP contribution in [0.15, 0.2) is 78.2 Å². The zero-order valence-electron chi connectivity index (χ0n) is 24.0. The van der Waals surface area contributed by atoms with Gasteiger partial charge in [-0.3, -0.25) is 0 Å². The Hall–Kier alpha value is -2.68. The lowest BCUT2D eigenvalue weighted by molar-refractivity contribution is 0.356. The van der Waals surface area contributed by atoms with Gasteiger partial charge in [0.15, 0.2) is 0 Å². The highest BCUT2D eigenvalue weighted by Gasteiger charge is 2.14. The lowest BCUT2D eigenvalue weighted by atomic mass is 9.99. The van der Waals surface area contributed by atoms with Gasteiger partial charge < -0.3 is 4.90 Å². The molecule has 0 aliphatic heterocycles. The Morgan fingerprint density at radius 3 is 2.06 bits per heavy atom. The third kappa shape index (κ3) is 13.7.